The molecular weight excluding hydrogens is 366 g/mol. The number of amides is 2. The Kier molecular flexibility index (Phi) is 6.01. The van der Waals surface area contributed by atoms with Gasteiger partial charge >= 0.3 is 0 Å². The molecule has 158 valence electrons. The molecule has 7 nitrogen and oxygen atoms in total. The molecule has 29 heavy (non-hydrogen) atoms. The summed E-state index contributed by atoms with van der Waals surface area (Å²) in [5, 5.41) is 3.24. The Morgan fingerprint density at radius 2 is 1.79 bits per heavy atom. The van der Waals surface area contributed by atoms with E-state index in [1.807, 2.05) is 16.8 Å². The molecule has 4 rings (SSSR count). The van der Waals surface area contributed by atoms with Crippen molar-refractivity contribution in [1.82, 2.24) is 19.8 Å². The number of hydrogen-bond acceptors (Lipinski definition) is 5. The summed E-state index contributed by atoms with van der Waals surface area (Å²) < 4.78 is 0. The zero-order valence-electron chi connectivity index (χ0n) is 17.7. The summed E-state index contributed by atoms with van der Waals surface area (Å²) >= 11 is 0. The molecular formula is C22H33N5O2. The van der Waals surface area contributed by atoms with Gasteiger partial charge in [-0.1, -0.05) is 19.3 Å². The first-order valence-electron chi connectivity index (χ1n) is 11.2. The summed E-state index contributed by atoms with van der Waals surface area (Å²) in [5.74, 6) is 2.50. The molecule has 1 saturated carbocycles. The Labute approximate surface area is 173 Å². The largest absolute Gasteiger partial charge is 0.373 e. The third kappa shape index (κ3) is 4.23. The highest BCUT2D eigenvalue weighted by Crippen LogP contribution is 2.32. The second-order valence-electron chi connectivity index (χ2n) is 8.75. The van der Waals surface area contributed by atoms with Crippen LogP contribution >= 0.6 is 0 Å². The molecule has 1 aromatic heterocycles. The first-order valence-corrected chi connectivity index (χ1v) is 11.2. The van der Waals surface area contributed by atoms with E-state index in [9.17, 15) is 9.59 Å². The van der Waals surface area contributed by atoms with Crippen molar-refractivity contribution < 1.29 is 9.59 Å². The van der Waals surface area contributed by atoms with Crippen LogP contribution in [0.2, 0.25) is 0 Å². The molecule has 0 aromatic carbocycles. The summed E-state index contributed by atoms with van der Waals surface area (Å²) in [6.07, 6.45) is 8.45. The van der Waals surface area contributed by atoms with Crippen LogP contribution in [-0.2, 0) is 22.6 Å². The fraction of sp³-hybridized carbons (Fsp3) is 0.727. The van der Waals surface area contributed by atoms with Crippen molar-refractivity contribution in [2.75, 3.05) is 32.0 Å². The maximum atomic E-state index is 13.0. The minimum absolute atomic E-state index is 0.123. The highest BCUT2D eigenvalue weighted by atomic mass is 16.2. The van der Waals surface area contributed by atoms with Crippen LogP contribution in [0, 0.1) is 5.92 Å². The van der Waals surface area contributed by atoms with Crippen LogP contribution in [0.15, 0.2) is 0 Å². The number of carbonyl (C=O) groups excluding carboxylic acids is 2. The van der Waals surface area contributed by atoms with Crippen LogP contribution in [0.4, 0.5) is 5.82 Å². The van der Waals surface area contributed by atoms with E-state index in [2.05, 4.69) is 5.32 Å². The van der Waals surface area contributed by atoms with Gasteiger partial charge in [-0.2, -0.15) is 0 Å². The second-order valence-corrected chi connectivity index (χ2v) is 8.75. The molecule has 2 aliphatic heterocycles. The molecule has 3 heterocycles. The van der Waals surface area contributed by atoms with Crippen molar-refractivity contribution in [3.05, 3.63) is 17.1 Å². The fourth-order valence-corrected chi connectivity index (χ4v) is 5.09. The summed E-state index contributed by atoms with van der Waals surface area (Å²) in [6, 6.07) is 0. The second kappa shape index (κ2) is 8.67. The molecule has 1 aliphatic carbocycles. The van der Waals surface area contributed by atoms with E-state index in [-0.39, 0.29) is 17.7 Å². The molecule has 7 heteroatoms. The number of likely N-dealkylation sites (tertiary alicyclic amines) is 1. The molecule has 1 aromatic rings. The minimum atomic E-state index is 0.123. The predicted octanol–water partition coefficient (Wildman–Crippen LogP) is 2.71. The van der Waals surface area contributed by atoms with Crippen molar-refractivity contribution in [3.63, 3.8) is 0 Å². The van der Waals surface area contributed by atoms with E-state index < -0.39 is 0 Å². The zero-order valence-corrected chi connectivity index (χ0v) is 17.7. The third-order valence-corrected chi connectivity index (χ3v) is 6.81. The lowest BCUT2D eigenvalue weighted by atomic mass is 9.87. The molecule has 1 atom stereocenters. The maximum Gasteiger partial charge on any atom is 0.225 e. The number of anilines is 1. The molecule has 0 unspecified atom stereocenters. The van der Waals surface area contributed by atoms with Crippen LogP contribution in [0.25, 0.3) is 0 Å². The molecule has 0 bridgehead atoms. The van der Waals surface area contributed by atoms with E-state index in [0.717, 1.165) is 68.1 Å². The number of aromatic nitrogens is 2. The normalized spacial score (nSPS) is 22.9. The van der Waals surface area contributed by atoms with Gasteiger partial charge in [-0.15, -0.1) is 0 Å². The van der Waals surface area contributed by atoms with Crippen LogP contribution in [-0.4, -0.2) is 58.3 Å². The van der Waals surface area contributed by atoms with Gasteiger partial charge in [0, 0.05) is 57.4 Å². The maximum absolute atomic E-state index is 13.0. The van der Waals surface area contributed by atoms with E-state index in [1.165, 1.54) is 19.3 Å². The Morgan fingerprint density at radius 1 is 1.00 bits per heavy atom. The van der Waals surface area contributed by atoms with Gasteiger partial charge in [0.2, 0.25) is 11.8 Å². The van der Waals surface area contributed by atoms with Gasteiger partial charge in [0.1, 0.15) is 11.6 Å². The SMILES string of the molecule is CNc1nc([C@@H]2CCCN(C(C)=O)C2)nc2c1CN(C(=O)C1CCCCC1)CC2. The van der Waals surface area contributed by atoms with Crippen molar-refractivity contribution in [2.24, 2.45) is 5.92 Å². The average Bonchev–Trinajstić information content (AvgIpc) is 2.78. The Balaban J connectivity index is 1.53. The van der Waals surface area contributed by atoms with Crippen LogP contribution in [0.3, 0.4) is 0 Å². The number of nitrogens with one attached hydrogen (secondary N) is 1. The molecule has 0 spiro atoms. The lowest BCUT2D eigenvalue weighted by molar-refractivity contribution is -0.137. The summed E-state index contributed by atoms with van der Waals surface area (Å²) in [4.78, 5) is 38.5. The smallest absolute Gasteiger partial charge is 0.225 e. The number of nitrogens with zero attached hydrogens (tertiary/aromatic N) is 4. The minimum Gasteiger partial charge on any atom is -0.373 e. The topological polar surface area (TPSA) is 78.4 Å². The van der Waals surface area contributed by atoms with Gasteiger partial charge in [-0.3, -0.25) is 9.59 Å². The van der Waals surface area contributed by atoms with Gasteiger partial charge in [-0.05, 0) is 25.7 Å². The number of fused-ring (bicyclic) bond motifs is 1. The standard InChI is InChI=1S/C22H33N5O2/c1-15(28)26-11-6-9-17(13-26)20-24-19-10-12-27(14-18(19)21(23-2)25-20)22(29)16-7-4-3-5-8-16/h16-17H,3-14H2,1-2H3,(H,23,24,25)/t17-/m1/s1. The van der Waals surface area contributed by atoms with Crippen LogP contribution in [0.5, 0.6) is 0 Å². The average molecular weight is 400 g/mol. The number of piperidine rings is 1. The van der Waals surface area contributed by atoms with E-state index >= 15 is 0 Å². The monoisotopic (exact) mass is 399 g/mol. The summed E-state index contributed by atoms with van der Waals surface area (Å²) in [6.45, 7) is 4.50. The van der Waals surface area contributed by atoms with Gasteiger partial charge in [0.25, 0.3) is 0 Å². The van der Waals surface area contributed by atoms with Gasteiger partial charge in [0.05, 0.1) is 12.2 Å². The molecule has 2 fully saturated rings. The Morgan fingerprint density at radius 3 is 2.52 bits per heavy atom. The number of carbonyl (C=O) groups is 2. The van der Waals surface area contributed by atoms with Crippen LogP contribution in [0.1, 0.15) is 74.9 Å². The third-order valence-electron chi connectivity index (χ3n) is 6.81. The molecule has 1 N–H and O–H groups in total. The lowest BCUT2D eigenvalue weighted by Gasteiger charge is -2.35. The van der Waals surface area contributed by atoms with Gasteiger partial charge in [-0.25, -0.2) is 9.97 Å². The quantitative estimate of drug-likeness (QED) is 0.845. The van der Waals surface area contributed by atoms with Gasteiger partial charge < -0.3 is 15.1 Å². The number of hydrogen-bond donors (Lipinski definition) is 1. The highest BCUT2D eigenvalue weighted by molar-refractivity contribution is 5.79. The van der Waals surface area contributed by atoms with Crippen molar-refractivity contribution >= 4 is 17.6 Å². The molecule has 2 amide bonds. The fourth-order valence-electron chi connectivity index (χ4n) is 5.09. The van der Waals surface area contributed by atoms with Gasteiger partial charge in [0.15, 0.2) is 0 Å². The lowest BCUT2D eigenvalue weighted by Crippen LogP contribution is -2.41. The first-order chi connectivity index (χ1) is 14.1. The summed E-state index contributed by atoms with van der Waals surface area (Å²) in [7, 11) is 1.89. The van der Waals surface area contributed by atoms with E-state index in [1.54, 1.807) is 6.92 Å². The zero-order chi connectivity index (χ0) is 20.4. The van der Waals surface area contributed by atoms with E-state index in [0.29, 0.717) is 19.0 Å². The Bertz CT molecular complexity index is 757. The van der Waals surface area contributed by atoms with Crippen LogP contribution < -0.4 is 5.32 Å². The predicted molar refractivity (Wildman–Crippen MR) is 112 cm³/mol. The number of rotatable bonds is 3. The highest BCUT2D eigenvalue weighted by Gasteiger charge is 2.32. The molecule has 1 saturated heterocycles. The van der Waals surface area contributed by atoms with E-state index in [4.69, 9.17) is 9.97 Å². The summed E-state index contributed by atoms with van der Waals surface area (Å²) in [5.41, 5.74) is 2.12. The van der Waals surface area contributed by atoms with Crippen molar-refractivity contribution in [3.8, 4) is 0 Å². The Hall–Kier alpha value is -2.18. The molecule has 3 aliphatic rings. The van der Waals surface area contributed by atoms with Crippen molar-refractivity contribution in [2.45, 2.75) is 70.8 Å². The first kappa shape index (κ1) is 20.1. The van der Waals surface area contributed by atoms with Crippen molar-refractivity contribution in [1.29, 1.82) is 0 Å². The molecule has 0 radical (unpaired) electrons.